The lowest BCUT2D eigenvalue weighted by Gasteiger charge is -2.05. The summed E-state index contributed by atoms with van der Waals surface area (Å²) in [5, 5.41) is 3.39. The summed E-state index contributed by atoms with van der Waals surface area (Å²) in [6.07, 6.45) is 2.94. The van der Waals surface area contributed by atoms with Gasteiger partial charge < -0.3 is 5.32 Å². The van der Waals surface area contributed by atoms with Gasteiger partial charge in [0.15, 0.2) is 5.82 Å². The van der Waals surface area contributed by atoms with E-state index in [-0.39, 0.29) is 10.4 Å². The van der Waals surface area contributed by atoms with Gasteiger partial charge in [-0.3, -0.25) is 4.21 Å². The molecule has 6 heteroatoms. The molecular formula is C8H10FN3OS. The lowest BCUT2D eigenvalue weighted by atomic mass is 10.4. The minimum absolute atomic E-state index is 0.0560. The molecule has 1 unspecified atom stereocenters. The second kappa shape index (κ2) is 4.10. The second-order valence-electron chi connectivity index (χ2n) is 3.10. The third-order valence-electron chi connectivity index (χ3n) is 2.09. The second-order valence-corrected chi connectivity index (χ2v) is 4.72. The number of rotatable bonds is 2. The highest BCUT2D eigenvalue weighted by molar-refractivity contribution is 7.85. The Morgan fingerprint density at radius 2 is 2.21 bits per heavy atom. The van der Waals surface area contributed by atoms with Gasteiger partial charge in [-0.2, -0.15) is 0 Å². The fourth-order valence-corrected chi connectivity index (χ4v) is 2.58. The molecule has 0 radical (unpaired) electrons. The maximum atomic E-state index is 12.5. The number of nitrogens with zero attached hydrogens (tertiary/aromatic N) is 2. The van der Waals surface area contributed by atoms with Gasteiger partial charge in [-0.1, -0.05) is 0 Å². The molecule has 0 bridgehead atoms. The molecule has 1 aromatic heterocycles. The van der Waals surface area contributed by atoms with E-state index in [0.717, 1.165) is 25.4 Å². The molecule has 1 fully saturated rings. The summed E-state index contributed by atoms with van der Waals surface area (Å²) in [5.41, 5.74) is 0. The predicted octanol–water partition coefficient (Wildman–Crippen LogP) is 0.0852. The van der Waals surface area contributed by atoms with Crippen LogP contribution in [0.2, 0.25) is 0 Å². The Bertz CT molecular complexity index is 337. The predicted molar refractivity (Wildman–Crippen MR) is 49.7 cm³/mol. The van der Waals surface area contributed by atoms with Crippen molar-refractivity contribution in [3.05, 3.63) is 18.2 Å². The van der Waals surface area contributed by atoms with Crippen molar-refractivity contribution in [1.29, 1.82) is 0 Å². The third kappa shape index (κ3) is 1.96. The Kier molecular flexibility index (Phi) is 2.83. The lowest BCUT2D eigenvalue weighted by Crippen LogP contribution is -2.20. The Balaban J connectivity index is 2.14. The van der Waals surface area contributed by atoms with Crippen molar-refractivity contribution in [2.75, 3.05) is 13.1 Å². The van der Waals surface area contributed by atoms with Crippen molar-refractivity contribution in [2.24, 2.45) is 0 Å². The van der Waals surface area contributed by atoms with E-state index < -0.39 is 16.6 Å². The lowest BCUT2D eigenvalue weighted by molar-refractivity contribution is 0.601. The summed E-state index contributed by atoms with van der Waals surface area (Å²) in [6.45, 7) is 1.59. The van der Waals surface area contributed by atoms with Crippen molar-refractivity contribution >= 4 is 10.8 Å². The summed E-state index contributed by atoms with van der Waals surface area (Å²) in [5.74, 6) is -0.504. The van der Waals surface area contributed by atoms with Crippen LogP contribution in [0.3, 0.4) is 0 Å². The Morgan fingerprint density at radius 3 is 2.79 bits per heavy atom. The van der Waals surface area contributed by atoms with Gasteiger partial charge in [-0.05, 0) is 13.0 Å². The number of halogens is 1. The van der Waals surface area contributed by atoms with E-state index in [0.29, 0.717) is 6.54 Å². The normalized spacial score (nSPS) is 23.6. The monoisotopic (exact) mass is 215 g/mol. The standard InChI is InChI=1S/C8H10FN3OS/c9-6-3-11-8(12-4-6)14(13)7-1-2-10-5-7/h3-4,7,10H,1-2,5H2/t7-,14?/m0/s1. The van der Waals surface area contributed by atoms with Crippen LogP contribution in [0.4, 0.5) is 4.39 Å². The number of hydrogen-bond donors (Lipinski definition) is 1. The molecule has 0 aliphatic carbocycles. The number of hydrogen-bond acceptors (Lipinski definition) is 4. The van der Waals surface area contributed by atoms with Crippen LogP contribution < -0.4 is 5.32 Å². The van der Waals surface area contributed by atoms with Crippen molar-refractivity contribution in [3.63, 3.8) is 0 Å². The van der Waals surface area contributed by atoms with Gasteiger partial charge in [0.2, 0.25) is 5.16 Å². The van der Waals surface area contributed by atoms with E-state index in [2.05, 4.69) is 15.3 Å². The molecule has 14 heavy (non-hydrogen) atoms. The molecular weight excluding hydrogens is 205 g/mol. The molecule has 1 aliphatic heterocycles. The molecule has 4 nitrogen and oxygen atoms in total. The molecule has 2 heterocycles. The van der Waals surface area contributed by atoms with Crippen LogP contribution in [0.15, 0.2) is 17.6 Å². The van der Waals surface area contributed by atoms with Gasteiger partial charge in [-0.15, -0.1) is 0 Å². The SMILES string of the molecule is O=S(c1ncc(F)cn1)[C@H]1CCNC1. The van der Waals surface area contributed by atoms with E-state index in [1.54, 1.807) is 0 Å². The maximum Gasteiger partial charge on any atom is 0.218 e. The summed E-state index contributed by atoms with van der Waals surface area (Å²) >= 11 is 0. The van der Waals surface area contributed by atoms with Crippen LogP contribution in [-0.4, -0.2) is 32.5 Å². The van der Waals surface area contributed by atoms with Crippen LogP contribution >= 0.6 is 0 Å². The topological polar surface area (TPSA) is 54.9 Å². The first-order valence-electron chi connectivity index (χ1n) is 4.36. The summed E-state index contributed by atoms with van der Waals surface area (Å²) in [7, 11) is -1.22. The van der Waals surface area contributed by atoms with Gasteiger partial charge in [0.1, 0.15) is 0 Å². The highest BCUT2D eigenvalue weighted by Gasteiger charge is 2.23. The number of nitrogens with one attached hydrogen (secondary N) is 1. The molecule has 2 rings (SSSR count). The average Bonchev–Trinajstić information content (AvgIpc) is 2.71. The number of aromatic nitrogens is 2. The molecule has 0 amide bonds. The minimum Gasteiger partial charge on any atom is -0.315 e. The van der Waals surface area contributed by atoms with Crippen LogP contribution in [0.5, 0.6) is 0 Å². The van der Waals surface area contributed by atoms with Gasteiger partial charge in [-0.25, -0.2) is 14.4 Å². The van der Waals surface area contributed by atoms with Crippen LogP contribution in [-0.2, 0) is 10.8 Å². The molecule has 1 saturated heterocycles. The maximum absolute atomic E-state index is 12.5. The van der Waals surface area contributed by atoms with Crippen LogP contribution in [0.1, 0.15) is 6.42 Å². The van der Waals surface area contributed by atoms with E-state index in [9.17, 15) is 8.60 Å². The van der Waals surface area contributed by atoms with Crippen molar-refractivity contribution in [1.82, 2.24) is 15.3 Å². The molecule has 0 spiro atoms. The highest BCUT2D eigenvalue weighted by Crippen LogP contribution is 2.11. The third-order valence-corrected chi connectivity index (χ3v) is 3.67. The average molecular weight is 215 g/mol. The van der Waals surface area contributed by atoms with Crippen LogP contribution in [0, 0.1) is 5.82 Å². The quantitative estimate of drug-likeness (QED) is 0.710. The van der Waals surface area contributed by atoms with E-state index in [1.165, 1.54) is 0 Å². The summed E-state index contributed by atoms with van der Waals surface area (Å²) in [4.78, 5) is 7.42. The molecule has 2 atom stereocenters. The van der Waals surface area contributed by atoms with Gasteiger partial charge >= 0.3 is 0 Å². The zero-order valence-corrected chi connectivity index (χ0v) is 8.26. The van der Waals surface area contributed by atoms with Crippen molar-refractivity contribution < 1.29 is 8.60 Å². The van der Waals surface area contributed by atoms with E-state index in [1.807, 2.05) is 0 Å². The first-order chi connectivity index (χ1) is 6.77. The summed E-state index contributed by atoms with van der Waals surface area (Å²) < 4.78 is 24.3. The fourth-order valence-electron chi connectivity index (χ4n) is 1.36. The minimum atomic E-state index is -1.22. The Hall–Kier alpha value is -0.880. The van der Waals surface area contributed by atoms with Crippen LogP contribution in [0.25, 0.3) is 0 Å². The zero-order valence-electron chi connectivity index (χ0n) is 7.44. The highest BCUT2D eigenvalue weighted by atomic mass is 32.2. The first-order valence-corrected chi connectivity index (χ1v) is 5.57. The van der Waals surface area contributed by atoms with Gasteiger partial charge in [0, 0.05) is 6.54 Å². The van der Waals surface area contributed by atoms with E-state index >= 15 is 0 Å². The van der Waals surface area contributed by atoms with Crippen molar-refractivity contribution in [3.8, 4) is 0 Å². The molecule has 76 valence electrons. The zero-order chi connectivity index (χ0) is 9.97. The first kappa shape index (κ1) is 9.67. The largest absolute Gasteiger partial charge is 0.315 e. The molecule has 1 aliphatic rings. The summed E-state index contributed by atoms with van der Waals surface area (Å²) in [6, 6.07) is 0. The smallest absolute Gasteiger partial charge is 0.218 e. The van der Waals surface area contributed by atoms with Gasteiger partial charge in [0.05, 0.1) is 28.4 Å². The molecule has 0 saturated carbocycles. The Labute approximate surface area is 83.4 Å². The Morgan fingerprint density at radius 1 is 1.50 bits per heavy atom. The molecule has 1 N–H and O–H groups in total. The molecule has 0 aromatic carbocycles. The van der Waals surface area contributed by atoms with E-state index in [4.69, 9.17) is 0 Å². The van der Waals surface area contributed by atoms with Crippen molar-refractivity contribution in [2.45, 2.75) is 16.8 Å². The molecule has 1 aromatic rings. The fraction of sp³-hybridized carbons (Fsp3) is 0.500. The van der Waals surface area contributed by atoms with Gasteiger partial charge in [0.25, 0.3) is 0 Å².